The quantitative estimate of drug-likeness (QED) is 0.873. The van der Waals surface area contributed by atoms with Crippen LogP contribution in [-0.4, -0.2) is 17.0 Å². The molecule has 0 bridgehead atoms. The number of amides is 1. The van der Waals surface area contributed by atoms with Gasteiger partial charge in [-0.25, -0.2) is 13.6 Å². The van der Waals surface area contributed by atoms with Crippen LogP contribution in [0, 0.1) is 17.6 Å². The lowest BCUT2D eigenvalue weighted by Crippen LogP contribution is -2.16. The Morgan fingerprint density at radius 2 is 1.81 bits per heavy atom. The number of carboxylic acid groups (broad SMARTS) is 1. The molecule has 2 rings (SSSR count). The molecule has 114 valence electrons. The first-order chi connectivity index (χ1) is 9.97. The summed E-state index contributed by atoms with van der Waals surface area (Å²) in [6, 6.07) is 1.27. The predicted octanol–water partition coefficient (Wildman–Crippen LogP) is 3.57. The van der Waals surface area contributed by atoms with Gasteiger partial charge in [-0.05, 0) is 18.4 Å². The molecule has 0 unspecified atom stereocenters. The molecule has 1 fully saturated rings. The van der Waals surface area contributed by atoms with E-state index in [9.17, 15) is 18.4 Å². The van der Waals surface area contributed by atoms with Gasteiger partial charge < -0.3 is 10.4 Å². The predicted molar refractivity (Wildman–Crippen MR) is 73.1 cm³/mol. The van der Waals surface area contributed by atoms with Crippen molar-refractivity contribution in [3.63, 3.8) is 0 Å². The topological polar surface area (TPSA) is 66.4 Å². The third-order valence-corrected chi connectivity index (χ3v) is 3.82. The Labute approximate surface area is 121 Å². The molecule has 2 N–H and O–H groups in total. The fourth-order valence-corrected chi connectivity index (χ4v) is 2.67. The number of rotatable bonds is 5. The molecule has 6 heteroatoms. The first kappa shape index (κ1) is 15.4. The van der Waals surface area contributed by atoms with Gasteiger partial charge in [0.1, 0.15) is 0 Å². The van der Waals surface area contributed by atoms with E-state index in [2.05, 4.69) is 5.32 Å². The van der Waals surface area contributed by atoms with Crippen molar-refractivity contribution in [3.05, 3.63) is 29.3 Å². The number of nitrogens with one attached hydrogen (secondary N) is 1. The fourth-order valence-electron chi connectivity index (χ4n) is 2.67. The monoisotopic (exact) mass is 297 g/mol. The number of benzene rings is 1. The van der Waals surface area contributed by atoms with Crippen LogP contribution in [0.15, 0.2) is 12.1 Å². The maximum absolute atomic E-state index is 13.2. The van der Waals surface area contributed by atoms with E-state index in [4.69, 9.17) is 5.11 Å². The van der Waals surface area contributed by atoms with Crippen molar-refractivity contribution in [1.29, 1.82) is 0 Å². The largest absolute Gasteiger partial charge is 0.478 e. The third kappa shape index (κ3) is 4.00. The summed E-state index contributed by atoms with van der Waals surface area (Å²) in [4.78, 5) is 22.8. The SMILES string of the molecule is O=C(CCC1CCCC1)Nc1cc(F)c(F)cc1C(=O)O. The van der Waals surface area contributed by atoms with Crippen molar-refractivity contribution in [3.8, 4) is 0 Å². The van der Waals surface area contributed by atoms with Crippen molar-refractivity contribution in [1.82, 2.24) is 0 Å². The van der Waals surface area contributed by atoms with E-state index >= 15 is 0 Å². The normalized spacial score (nSPS) is 15.1. The molecule has 1 amide bonds. The van der Waals surface area contributed by atoms with E-state index in [1.54, 1.807) is 0 Å². The van der Waals surface area contributed by atoms with Crippen molar-refractivity contribution in [2.75, 3.05) is 5.32 Å². The van der Waals surface area contributed by atoms with Gasteiger partial charge in [0.15, 0.2) is 11.6 Å². The summed E-state index contributed by atoms with van der Waals surface area (Å²) in [5, 5.41) is 11.3. The van der Waals surface area contributed by atoms with Crippen LogP contribution in [-0.2, 0) is 4.79 Å². The third-order valence-electron chi connectivity index (χ3n) is 3.82. The van der Waals surface area contributed by atoms with E-state index < -0.39 is 23.2 Å². The number of anilines is 1. The van der Waals surface area contributed by atoms with Crippen LogP contribution in [0.4, 0.5) is 14.5 Å². The second kappa shape index (κ2) is 6.65. The van der Waals surface area contributed by atoms with Crippen LogP contribution in [0.5, 0.6) is 0 Å². The van der Waals surface area contributed by atoms with E-state index in [0.29, 0.717) is 18.1 Å². The van der Waals surface area contributed by atoms with Crippen LogP contribution >= 0.6 is 0 Å². The Morgan fingerprint density at radius 3 is 2.43 bits per heavy atom. The maximum Gasteiger partial charge on any atom is 0.337 e. The van der Waals surface area contributed by atoms with Gasteiger partial charge in [0.25, 0.3) is 0 Å². The Hall–Kier alpha value is -1.98. The standard InChI is InChI=1S/C15H17F2NO3/c16-11-7-10(15(20)21)13(8-12(11)17)18-14(19)6-5-9-3-1-2-4-9/h7-9H,1-6H2,(H,18,19)(H,20,21). The van der Waals surface area contributed by atoms with E-state index in [-0.39, 0.29) is 18.0 Å². The highest BCUT2D eigenvalue weighted by atomic mass is 19.2. The number of carbonyl (C=O) groups excluding carboxylic acids is 1. The summed E-state index contributed by atoms with van der Waals surface area (Å²) in [6.07, 6.45) is 5.57. The first-order valence-corrected chi connectivity index (χ1v) is 6.99. The highest BCUT2D eigenvalue weighted by Gasteiger charge is 2.19. The lowest BCUT2D eigenvalue weighted by molar-refractivity contribution is -0.116. The van der Waals surface area contributed by atoms with Crippen molar-refractivity contribution in [2.24, 2.45) is 5.92 Å². The van der Waals surface area contributed by atoms with Crippen LogP contribution in [0.25, 0.3) is 0 Å². The number of carbonyl (C=O) groups is 2. The maximum atomic E-state index is 13.2. The Bertz CT molecular complexity index is 554. The Balaban J connectivity index is 2.02. The van der Waals surface area contributed by atoms with Crippen LogP contribution < -0.4 is 5.32 Å². The average molecular weight is 297 g/mol. The van der Waals surface area contributed by atoms with E-state index in [1.807, 2.05) is 0 Å². The van der Waals surface area contributed by atoms with Crippen molar-refractivity contribution < 1.29 is 23.5 Å². The Morgan fingerprint density at radius 1 is 1.19 bits per heavy atom. The fraction of sp³-hybridized carbons (Fsp3) is 0.467. The van der Waals surface area contributed by atoms with Gasteiger partial charge in [-0.3, -0.25) is 4.79 Å². The number of halogens is 2. The molecular weight excluding hydrogens is 280 g/mol. The minimum atomic E-state index is -1.42. The number of hydrogen-bond acceptors (Lipinski definition) is 2. The molecule has 1 aromatic rings. The lowest BCUT2D eigenvalue weighted by atomic mass is 10.0. The van der Waals surface area contributed by atoms with Gasteiger partial charge in [0.2, 0.25) is 5.91 Å². The molecule has 1 saturated carbocycles. The summed E-state index contributed by atoms with van der Waals surface area (Å²) in [5.41, 5.74) is -0.666. The zero-order chi connectivity index (χ0) is 15.4. The van der Waals surface area contributed by atoms with Crippen LogP contribution in [0.2, 0.25) is 0 Å². The zero-order valence-corrected chi connectivity index (χ0v) is 11.5. The second-order valence-electron chi connectivity index (χ2n) is 5.35. The molecule has 21 heavy (non-hydrogen) atoms. The number of aromatic carboxylic acids is 1. The molecule has 0 spiro atoms. The number of carboxylic acids is 1. The second-order valence-corrected chi connectivity index (χ2v) is 5.35. The summed E-state index contributed by atoms with van der Waals surface area (Å²) < 4.78 is 26.2. The summed E-state index contributed by atoms with van der Waals surface area (Å²) >= 11 is 0. The van der Waals surface area contributed by atoms with Crippen LogP contribution in [0.3, 0.4) is 0 Å². The van der Waals surface area contributed by atoms with Gasteiger partial charge in [0, 0.05) is 12.5 Å². The highest BCUT2D eigenvalue weighted by molar-refractivity contribution is 6.00. The van der Waals surface area contributed by atoms with Crippen molar-refractivity contribution in [2.45, 2.75) is 38.5 Å². The highest BCUT2D eigenvalue weighted by Crippen LogP contribution is 2.28. The van der Waals surface area contributed by atoms with E-state index in [0.717, 1.165) is 19.3 Å². The molecule has 0 aliphatic heterocycles. The van der Waals surface area contributed by atoms with Gasteiger partial charge >= 0.3 is 5.97 Å². The van der Waals surface area contributed by atoms with Gasteiger partial charge in [-0.1, -0.05) is 25.7 Å². The average Bonchev–Trinajstić information content (AvgIpc) is 2.93. The zero-order valence-electron chi connectivity index (χ0n) is 11.5. The summed E-state index contributed by atoms with van der Waals surface area (Å²) in [6.45, 7) is 0. The van der Waals surface area contributed by atoms with Crippen LogP contribution in [0.1, 0.15) is 48.9 Å². The molecule has 0 atom stereocenters. The summed E-state index contributed by atoms with van der Waals surface area (Å²) in [7, 11) is 0. The van der Waals surface area contributed by atoms with E-state index in [1.165, 1.54) is 12.8 Å². The molecular formula is C15H17F2NO3. The van der Waals surface area contributed by atoms with Gasteiger partial charge in [0.05, 0.1) is 11.3 Å². The molecule has 4 nitrogen and oxygen atoms in total. The molecule has 1 aromatic carbocycles. The first-order valence-electron chi connectivity index (χ1n) is 6.99. The molecule has 0 heterocycles. The lowest BCUT2D eigenvalue weighted by Gasteiger charge is -2.11. The molecule has 0 saturated heterocycles. The molecule has 0 aromatic heterocycles. The summed E-state index contributed by atoms with van der Waals surface area (Å²) in [5.74, 6) is -3.71. The minimum absolute atomic E-state index is 0.210. The number of hydrogen-bond donors (Lipinski definition) is 2. The molecule has 1 aliphatic rings. The minimum Gasteiger partial charge on any atom is -0.478 e. The van der Waals surface area contributed by atoms with Gasteiger partial charge in [-0.15, -0.1) is 0 Å². The van der Waals surface area contributed by atoms with Gasteiger partial charge in [-0.2, -0.15) is 0 Å². The molecule has 0 radical (unpaired) electrons. The molecule has 1 aliphatic carbocycles. The smallest absolute Gasteiger partial charge is 0.337 e. The Kier molecular flexibility index (Phi) is 4.88. The van der Waals surface area contributed by atoms with Crippen molar-refractivity contribution >= 4 is 17.6 Å².